The zero-order chi connectivity index (χ0) is 31.5. The van der Waals surface area contributed by atoms with E-state index in [0.717, 1.165) is 11.3 Å². The molecule has 0 unspecified atom stereocenters. The van der Waals surface area contributed by atoms with Crippen molar-refractivity contribution in [1.82, 2.24) is 4.57 Å². The molecule has 12 heteroatoms. The lowest BCUT2D eigenvalue weighted by molar-refractivity contribution is -0.139. The van der Waals surface area contributed by atoms with E-state index >= 15 is 0 Å². The van der Waals surface area contributed by atoms with E-state index in [9.17, 15) is 14.4 Å². The molecule has 11 nitrogen and oxygen atoms in total. The van der Waals surface area contributed by atoms with Gasteiger partial charge in [-0.25, -0.2) is 14.6 Å². The molecule has 1 aliphatic rings. The summed E-state index contributed by atoms with van der Waals surface area (Å²) in [5.41, 5.74) is 1.66. The van der Waals surface area contributed by atoms with E-state index in [0.29, 0.717) is 60.5 Å². The first kappa shape index (κ1) is 30.4. The summed E-state index contributed by atoms with van der Waals surface area (Å²) in [6.45, 7) is 3.55. The molecule has 0 saturated heterocycles. The van der Waals surface area contributed by atoms with Crippen LogP contribution in [0.1, 0.15) is 41.6 Å². The van der Waals surface area contributed by atoms with Crippen LogP contribution in [0.4, 0.5) is 0 Å². The average Bonchev–Trinajstić information content (AvgIpc) is 3.62. The van der Waals surface area contributed by atoms with Crippen LogP contribution >= 0.6 is 11.3 Å². The summed E-state index contributed by atoms with van der Waals surface area (Å²) in [7, 11) is 5.78. The zero-order valence-corrected chi connectivity index (χ0v) is 25.8. The minimum Gasteiger partial charge on any atom is -0.493 e. The number of ether oxygens (including phenoxy) is 5. The molecule has 2 aromatic heterocycles. The molecule has 0 aliphatic carbocycles. The number of aromatic nitrogens is 1. The van der Waals surface area contributed by atoms with E-state index in [1.165, 1.54) is 33.0 Å². The zero-order valence-electron chi connectivity index (χ0n) is 25.0. The second-order valence-electron chi connectivity index (χ2n) is 9.50. The number of hydrogen-bond acceptors (Lipinski definition) is 11. The maximum absolute atomic E-state index is 14.0. The first-order valence-corrected chi connectivity index (χ1v) is 14.3. The SMILES string of the molecule is CCOC(=O)C1=C(C)N=c2s/c(=C\c3ccc(-c4ccccc4C(=O)OC)o3)c(=O)n2[C@@H]1c1cc(OC)c(OC)c(OC)c1. The summed E-state index contributed by atoms with van der Waals surface area (Å²) in [6.07, 6.45) is 1.60. The summed E-state index contributed by atoms with van der Waals surface area (Å²) < 4.78 is 34.7. The first-order valence-electron chi connectivity index (χ1n) is 13.5. The average molecular weight is 619 g/mol. The third-order valence-corrected chi connectivity index (χ3v) is 8.00. The number of hydrogen-bond donors (Lipinski definition) is 0. The van der Waals surface area contributed by atoms with Gasteiger partial charge in [0.05, 0.1) is 62.5 Å². The van der Waals surface area contributed by atoms with Crippen molar-refractivity contribution in [2.75, 3.05) is 35.0 Å². The van der Waals surface area contributed by atoms with Gasteiger partial charge in [0.1, 0.15) is 11.5 Å². The van der Waals surface area contributed by atoms with Crippen molar-refractivity contribution in [3.05, 3.63) is 96.4 Å². The summed E-state index contributed by atoms with van der Waals surface area (Å²) in [5.74, 6) is 0.811. The van der Waals surface area contributed by atoms with Gasteiger partial charge in [0.25, 0.3) is 5.56 Å². The van der Waals surface area contributed by atoms with E-state index < -0.39 is 23.5 Å². The van der Waals surface area contributed by atoms with Gasteiger partial charge in [0.2, 0.25) is 5.75 Å². The Hall–Kier alpha value is -5.10. The first-order chi connectivity index (χ1) is 21.3. The Labute approximate surface area is 256 Å². The molecular weight excluding hydrogens is 588 g/mol. The van der Waals surface area contributed by atoms with Crippen LogP contribution in [-0.4, -0.2) is 51.6 Å². The predicted molar refractivity (Wildman–Crippen MR) is 162 cm³/mol. The van der Waals surface area contributed by atoms with Crippen molar-refractivity contribution in [3.63, 3.8) is 0 Å². The molecule has 0 saturated carbocycles. The van der Waals surface area contributed by atoms with Crippen molar-refractivity contribution in [2.24, 2.45) is 4.99 Å². The van der Waals surface area contributed by atoms with Gasteiger partial charge in [0, 0.05) is 11.6 Å². The fourth-order valence-corrected chi connectivity index (χ4v) is 6.08. The number of benzene rings is 2. The van der Waals surface area contributed by atoms with Gasteiger partial charge >= 0.3 is 11.9 Å². The fraction of sp³-hybridized carbons (Fsp3) is 0.250. The molecule has 0 radical (unpaired) electrons. The molecule has 0 spiro atoms. The molecule has 0 N–H and O–H groups in total. The van der Waals surface area contributed by atoms with Gasteiger partial charge in [-0.3, -0.25) is 9.36 Å². The second kappa shape index (κ2) is 12.6. The van der Waals surface area contributed by atoms with Crippen LogP contribution in [0.3, 0.4) is 0 Å². The van der Waals surface area contributed by atoms with E-state index in [-0.39, 0.29) is 12.2 Å². The summed E-state index contributed by atoms with van der Waals surface area (Å²) in [4.78, 5) is 44.6. The minimum absolute atomic E-state index is 0.141. The van der Waals surface area contributed by atoms with Gasteiger partial charge in [-0.1, -0.05) is 29.5 Å². The van der Waals surface area contributed by atoms with Crippen LogP contribution in [-0.2, 0) is 14.3 Å². The lowest BCUT2D eigenvalue weighted by atomic mass is 9.95. The number of esters is 2. The van der Waals surface area contributed by atoms with Crippen LogP contribution in [0.2, 0.25) is 0 Å². The monoisotopic (exact) mass is 618 g/mol. The Balaban J connectivity index is 1.68. The summed E-state index contributed by atoms with van der Waals surface area (Å²) in [6, 6.07) is 12.8. The number of carbonyl (C=O) groups excluding carboxylic acids is 2. The number of fused-ring (bicyclic) bond motifs is 1. The second-order valence-corrected chi connectivity index (χ2v) is 10.5. The van der Waals surface area contributed by atoms with Crippen molar-refractivity contribution in [1.29, 1.82) is 0 Å². The Morgan fingerprint density at radius 3 is 2.34 bits per heavy atom. The lowest BCUT2D eigenvalue weighted by Crippen LogP contribution is -2.40. The molecule has 1 atom stereocenters. The third kappa shape index (κ3) is 5.39. The highest BCUT2D eigenvalue weighted by molar-refractivity contribution is 7.07. The van der Waals surface area contributed by atoms with E-state index in [1.54, 1.807) is 68.5 Å². The normalized spacial score (nSPS) is 14.5. The molecule has 228 valence electrons. The number of allylic oxidation sites excluding steroid dienone is 1. The van der Waals surface area contributed by atoms with Crippen LogP contribution < -0.4 is 29.1 Å². The van der Waals surface area contributed by atoms with Gasteiger partial charge in [-0.05, 0) is 49.7 Å². The quantitative estimate of drug-likeness (QED) is 0.257. The van der Waals surface area contributed by atoms with Crippen molar-refractivity contribution < 1.29 is 37.7 Å². The van der Waals surface area contributed by atoms with Crippen LogP contribution in [0.15, 0.2) is 74.0 Å². The largest absolute Gasteiger partial charge is 0.493 e. The van der Waals surface area contributed by atoms with Crippen molar-refractivity contribution in [3.8, 4) is 28.6 Å². The lowest BCUT2D eigenvalue weighted by Gasteiger charge is -2.26. The number of thiazole rings is 1. The summed E-state index contributed by atoms with van der Waals surface area (Å²) >= 11 is 1.15. The Bertz CT molecular complexity index is 1940. The van der Waals surface area contributed by atoms with E-state index in [1.807, 2.05) is 0 Å². The number of nitrogens with zero attached hydrogens (tertiary/aromatic N) is 2. The number of methoxy groups -OCH3 is 4. The molecule has 1 aliphatic heterocycles. The van der Waals surface area contributed by atoms with Gasteiger partial charge in [0.15, 0.2) is 16.3 Å². The van der Waals surface area contributed by atoms with E-state index in [4.69, 9.17) is 28.1 Å². The van der Waals surface area contributed by atoms with Gasteiger partial charge in [-0.2, -0.15) is 0 Å². The maximum Gasteiger partial charge on any atom is 0.338 e. The standard InChI is InChI=1S/C32H30N2O9S/c1-7-42-31(37)26-17(2)33-32-34(27(26)18-14-23(38-3)28(40-5)24(15-18)39-4)29(35)25(44-32)16-19-12-13-22(43-19)20-10-8-9-11-21(20)30(36)41-6/h8-16,27H,7H2,1-6H3/b25-16-/t27-/m1/s1. The van der Waals surface area contributed by atoms with Gasteiger partial charge < -0.3 is 28.1 Å². The third-order valence-electron chi connectivity index (χ3n) is 7.02. The molecule has 0 fully saturated rings. The Morgan fingerprint density at radius 2 is 1.70 bits per heavy atom. The molecular formula is C32H30N2O9S. The highest BCUT2D eigenvalue weighted by Crippen LogP contribution is 2.42. The summed E-state index contributed by atoms with van der Waals surface area (Å²) in [5, 5.41) is 0. The Kier molecular flexibility index (Phi) is 8.72. The van der Waals surface area contributed by atoms with Crippen molar-refractivity contribution >= 4 is 29.4 Å². The number of rotatable bonds is 9. The van der Waals surface area contributed by atoms with Crippen LogP contribution in [0.5, 0.6) is 17.2 Å². The molecule has 3 heterocycles. The highest BCUT2D eigenvalue weighted by Gasteiger charge is 2.34. The molecule has 0 bridgehead atoms. The molecule has 0 amide bonds. The predicted octanol–water partition coefficient (Wildman–Crippen LogP) is 3.87. The van der Waals surface area contributed by atoms with E-state index in [2.05, 4.69) is 4.99 Å². The molecule has 2 aromatic carbocycles. The smallest absolute Gasteiger partial charge is 0.338 e. The Morgan fingerprint density at radius 1 is 1.00 bits per heavy atom. The molecule has 5 rings (SSSR count). The maximum atomic E-state index is 14.0. The fourth-order valence-electron chi connectivity index (χ4n) is 5.06. The van der Waals surface area contributed by atoms with Gasteiger partial charge in [-0.15, -0.1) is 0 Å². The number of furan rings is 1. The number of carbonyl (C=O) groups is 2. The topological polar surface area (TPSA) is 128 Å². The van der Waals surface area contributed by atoms with Crippen LogP contribution in [0, 0.1) is 0 Å². The minimum atomic E-state index is -0.903. The molecule has 44 heavy (non-hydrogen) atoms. The highest BCUT2D eigenvalue weighted by atomic mass is 32.1. The molecule has 4 aromatic rings. The van der Waals surface area contributed by atoms with Crippen LogP contribution in [0.25, 0.3) is 17.4 Å². The van der Waals surface area contributed by atoms with Crippen molar-refractivity contribution in [2.45, 2.75) is 19.9 Å².